The van der Waals surface area contributed by atoms with Crippen LogP contribution in [-0.2, 0) is 56.1 Å². The largest absolute Gasteiger partial charge is 0.744 e. The van der Waals surface area contributed by atoms with Crippen LogP contribution in [0.15, 0.2) is 82.3 Å². The highest BCUT2D eigenvalue weighted by Crippen LogP contribution is 2.49. The zero-order chi connectivity index (χ0) is 43.3. The maximum absolute atomic E-state index is 12.1. The van der Waals surface area contributed by atoms with Crippen molar-refractivity contribution in [3.05, 3.63) is 83.6 Å². The molecule has 2 heterocycles. The Bertz CT molecular complexity index is 2470. The molecule has 0 spiro atoms. The van der Waals surface area contributed by atoms with Crippen molar-refractivity contribution in [1.29, 1.82) is 0 Å². The second kappa shape index (κ2) is 18.2. The van der Waals surface area contributed by atoms with Gasteiger partial charge in [0.2, 0.25) is 5.69 Å². The molecule has 0 saturated carbocycles. The summed E-state index contributed by atoms with van der Waals surface area (Å²) in [5, 5.41) is 9.05. The summed E-state index contributed by atoms with van der Waals surface area (Å²) in [5.41, 5.74) is 2.14. The van der Waals surface area contributed by atoms with Crippen molar-refractivity contribution in [3.63, 3.8) is 0 Å². The summed E-state index contributed by atoms with van der Waals surface area (Å²) in [6, 6.07) is 8.35. The minimum Gasteiger partial charge on any atom is -0.744 e. The molecule has 0 fully saturated rings. The van der Waals surface area contributed by atoms with Crippen LogP contribution in [0.4, 0.5) is 11.4 Å². The molecule has 2 aliphatic heterocycles. The highest BCUT2D eigenvalue weighted by molar-refractivity contribution is 7.86. The number of allylic oxidation sites excluding steroid dienone is 6. The van der Waals surface area contributed by atoms with Crippen LogP contribution in [0.25, 0.3) is 0 Å². The van der Waals surface area contributed by atoms with Crippen molar-refractivity contribution in [2.45, 2.75) is 99.2 Å². The molecule has 0 amide bonds. The molecular formula is C38H50N2O14S4. The lowest BCUT2D eigenvalue weighted by Crippen LogP contribution is -2.32. The monoisotopic (exact) mass is 886 g/mol. The molecule has 4 N–H and O–H groups in total. The zero-order valence-electron chi connectivity index (χ0n) is 32.4. The summed E-state index contributed by atoms with van der Waals surface area (Å²) in [6.07, 6.45) is 11.7. The number of fused-ring (bicyclic) bond motifs is 2. The number of aliphatic carboxylic acids is 1. The normalized spacial score (nSPS) is 19.2. The van der Waals surface area contributed by atoms with Gasteiger partial charge in [0, 0.05) is 53.9 Å². The molecule has 4 rings (SSSR count). The number of benzene rings is 2. The molecule has 0 radical (unpaired) electrons. The molecular weight excluding hydrogens is 837 g/mol. The number of carbonyl (C=O) groups is 1. The van der Waals surface area contributed by atoms with E-state index in [4.69, 9.17) is 5.11 Å². The zero-order valence-corrected chi connectivity index (χ0v) is 35.7. The van der Waals surface area contributed by atoms with Crippen molar-refractivity contribution in [3.8, 4) is 0 Å². The third-order valence-electron chi connectivity index (χ3n) is 10.5. The van der Waals surface area contributed by atoms with E-state index in [1.54, 1.807) is 30.4 Å². The topological polar surface area (TPSA) is 264 Å². The first-order valence-electron chi connectivity index (χ1n) is 18.6. The second-order valence-electron chi connectivity index (χ2n) is 15.2. The average Bonchev–Trinajstić information content (AvgIpc) is 3.45. The van der Waals surface area contributed by atoms with E-state index >= 15 is 0 Å². The Kier molecular flexibility index (Phi) is 14.8. The van der Waals surface area contributed by atoms with Crippen molar-refractivity contribution >= 4 is 63.5 Å². The van der Waals surface area contributed by atoms with Crippen LogP contribution in [0, 0.1) is 0 Å². The molecule has 1 atom stereocenters. The second-order valence-corrected chi connectivity index (χ2v) is 21.1. The molecule has 16 nitrogen and oxygen atoms in total. The third kappa shape index (κ3) is 11.9. The molecule has 20 heteroatoms. The third-order valence-corrected chi connectivity index (χ3v) is 13.8. The van der Waals surface area contributed by atoms with E-state index in [1.165, 1.54) is 30.3 Å². The molecule has 0 bridgehead atoms. The Balaban J connectivity index is 1.75. The summed E-state index contributed by atoms with van der Waals surface area (Å²) in [5.74, 6) is -1.86. The Morgan fingerprint density at radius 2 is 1.38 bits per heavy atom. The van der Waals surface area contributed by atoms with Gasteiger partial charge in [-0.25, -0.2) is 8.42 Å². The predicted molar refractivity (Wildman–Crippen MR) is 217 cm³/mol. The maximum atomic E-state index is 12.1. The summed E-state index contributed by atoms with van der Waals surface area (Å²) < 4.78 is 136. The SMILES string of the molecule is CC1(CCCCS(=O)(=O)O)C(/C=C/C=C/C=C2/N(CCCCCC(=O)O)c3ccc(S(=O)(=O)O)cc3C2(C)C)=[N+](CCCCS(=O)(=O)O)c2ccc(S(=O)(=O)[O-])cc21. The molecule has 2 aliphatic rings. The van der Waals surface area contributed by atoms with Crippen molar-refractivity contribution in [2.75, 3.05) is 29.5 Å². The molecule has 2 aromatic rings. The van der Waals surface area contributed by atoms with Gasteiger partial charge in [0.15, 0.2) is 5.71 Å². The van der Waals surface area contributed by atoms with Crippen LogP contribution in [0.3, 0.4) is 0 Å². The number of hydrogen-bond donors (Lipinski definition) is 4. The molecule has 0 aromatic heterocycles. The van der Waals surface area contributed by atoms with Gasteiger partial charge in [-0.05, 0) is 81.0 Å². The molecule has 0 aliphatic carbocycles. The van der Waals surface area contributed by atoms with E-state index in [-0.39, 0.29) is 43.5 Å². The van der Waals surface area contributed by atoms with Gasteiger partial charge in [-0.15, -0.1) is 0 Å². The van der Waals surface area contributed by atoms with Gasteiger partial charge in [-0.2, -0.15) is 29.8 Å². The quantitative estimate of drug-likeness (QED) is 0.0532. The number of unbranched alkanes of at least 4 members (excludes halogenated alkanes) is 4. The lowest BCUT2D eigenvalue weighted by molar-refractivity contribution is -0.438. The molecule has 0 saturated heterocycles. The van der Waals surface area contributed by atoms with Gasteiger partial charge < -0.3 is 14.6 Å². The first-order chi connectivity index (χ1) is 26.8. The first kappa shape index (κ1) is 46.9. The van der Waals surface area contributed by atoms with Crippen LogP contribution in [0.2, 0.25) is 0 Å². The summed E-state index contributed by atoms with van der Waals surface area (Å²) >= 11 is 0. The molecule has 1 unspecified atom stereocenters. The Morgan fingerprint density at radius 3 is 1.98 bits per heavy atom. The number of rotatable bonds is 21. The fraction of sp³-hybridized carbons (Fsp3) is 0.474. The number of carboxylic acids is 1. The number of carboxylic acid groups (broad SMARTS) is 1. The Labute approximate surface area is 340 Å². The van der Waals surface area contributed by atoms with Crippen LogP contribution < -0.4 is 4.90 Å². The number of nitrogens with zero attached hydrogens (tertiary/aromatic N) is 2. The van der Waals surface area contributed by atoms with E-state index in [1.807, 2.05) is 36.3 Å². The minimum absolute atomic E-state index is 0.0339. The standard InChI is InChI=1S/C38H50N2O14S4/c1-37(2)30-26-28(57(49,50)51)17-19-32(30)39(22-10-5-8-16-36(41)42)34(37)14-6-4-7-15-35-38(3,21-9-12-24-55(43,44)45)31-27-29(58(52,53)54)18-20-33(31)40(35)23-11-13-25-56(46,47)48/h4,6-7,14-15,17-20,26-27H,5,8-13,16,21-25H2,1-3H3,(H4-,41,42,43,44,45,46,47,48,49,50,51,52,53,54). The van der Waals surface area contributed by atoms with Crippen molar-refractivity contribution < 1.29 is 66.4 Å². The van der Waals surface area contributed by atoms with Gasteiger partial charge in [-0.3, -0.25) is 18.5 Å². The van der Waals surface area contributed by atoms with Crippen molar-refractivity contribution in [1.82, 2.24) is 0 Å². The first-order valence-corrected chi connectivity index (χ1v) is 24.6. The van der Waals surface area contributed by atoms with E-state index in [9.17, 15) is 56.7 Å². The summed E-state index contributed by atoms with van der Waals surface area (Å²) in [6.45, 7) is 6.37. The molecule has 2 aromatic carbocycles. The highest BCUT2D eigenvalue weighted by Gasteiger charge is 2.47. The van der Waals surface area contributed by atoms with Gasteiger partial charge >= 0.3 is 5.97 Å². The Hall–Kier alpha value is -3.76. The lowest BCUT2D eigenvalue weighted by Gasteiger charge is -2.27. The number of anilines is 1. The van der Waals surface area contributed by atoms with Gasteiger partial charge in [0.05, 0.1) is 26.7 Å². The van der Waals surface area contributed by atoms with E-state index in [0.29, 0.717) is 54.8 Å². The smallest absolute Gasteiger partial charge is 0.303 e. The highest BCUT2D eigenvalue weighted by atomic mass is 32.2. The van der Waals surface area contributed by atoms with Crippen molar-refractivity contribution in [2.24, 2.45) is 0 Å². The fourth-order valence-electron chi connectivity index (χ4n) is 7.64. The molecule has 320 valence electrons. The summed E-state index contributed by atoms with van der Waals surface area (Å²) in [7, 11) is -17.8. The maximum Gasteiger partial charge on any atom is 0.303 e. The van der Waals surface area contributed by atoms with Crippen LogP contribution in [0.1, 0.15) is 89.7 Å². The van der Waals surface area contributed by atoms with E-state index in [2.05, 4.69) is 0 Å². The van der Waals surface area contributed by atoms with Gasteiger partial charge in [0.25, 0.3) is 30.4 Å². The van der Waals surface area contributed by atoms with E-state index in [0.717, 1.165) is 11.4 Å². The Morgan fingerprint density at radius 1 is 0.759 bits per heavy atom. The van der Waals surface area contributed by atoms with Gasteiger partial charge in [0.1, 0.15) is 16.7 Å². The summed E-state index contributed by atoms with van der Waals surface area (Å²) in [4.78, 5) is 12.3. The van der Waals surface area contributed by atoms with Gasteiger partial charge in [-0.1, -0.05) is 44.9 Å². The lowest BCUT2D eigenvalue weighted by atomic mass is 9.75. The van der Waals surface area contributed by atoms with Crippen LogP contribution in [0.5, 0.6) is 0 Å². The van der Waals surface area contributed by atoms with Crippen LogP contribution in [-0.4, -0.2) is 97.8 Å². The fourth-order valence-corrected chi connectivity index (χ4v) is 9.79. The average molecular weight is 887 g/mol. The van der Waals surface area contributed by atoms with Crippen LogP contribution >= 0.6 is 0 Å². The van der Waals surface area contributed by atoms with E-state index < -0.39 is 73.7 Å². The number of hydrogen-bond acceptors (Lipinski definition) is 11. The minimum atomic E-state index is -4.87. The predicted octanol–water partition coefficient (Wildman–Crippen LogP) is 5.36. The molecule has 58 heavy (non-hydrogen) atoms.